The topological polar surface area (TPSA) is 106 Å². The number of benzene rings is 1. The van der Waals surface area contributed by atoms with Crippen molar-refractivity contribution >= 4 is 44.2 Å². The molecule has 1 aliphatic heterocycles. The fourth-order valence-electron chi connectivity index (χ4n) is 2.67. The van der Waals surface area contributed by atoms with Crippen LogP contribution in [0.2, 0.25) is 11.1 Å². The summed E-state index contributed by atoms with van der Waals surface area (Å²) >= 11 is 5.59. The minimum Gasteiger partial charge on any atom is -0.484 e. The lowest BCUT2D eigenvalue weighted by Crippen LogP contribution is -2.55. The number of amides is 2. The van der Waals surface area contributed by atoms with Crippen molar-refractivity contribution < 1.29 is 33.4 Å². The zero-order valence-electron chi connectivity index (χ0n) is 16.9. The van der Waals surface area contributed by atoms with Crippen molar-refractivity contribution in [2.75, 3.05) is 12.8 Å². The molecule has 0 saturated carbocycles. The number of hydrogen-bond acceptors (Lipinski definition) is 5. The van der Waals surface area contributed by atoms with Crippen molar-refractivity contribution in [3.8, 4) is 5.75 Å². The monoisotopic (exact) mass is 457 g/mol. The van der Waals surface area contributed by atoms with Gasteiger partial charge >= 0.3 is 12.1 Å². The molecule has 1 saturated heterocycles. The molecular weight excluding hydrogens is 435 g/mol. The van der Waals surface area contributed by atoms with E-state index in [0.29, 0.717) is 6.04 Å². The van der Waals surface area contributed by atoms with E-state index >= 15 is 0 Å². The molecule has 1 radical (unpaired) electrons. The van der Waals surface area contributed by atoms with E-state index in [9.17, 15) is 23.9 Å². The van der Waals surface area contributed by atoms with Crippen molar-refractivity contribution in [1.29, 1.82) is 0 Å². The van der Waals surface area contributed by atoms with E-state index in [1.54, 1.807) is 20.8 Å². The fourth-order valence-corrected chi connectivity index (χ4v) is 4.92. The first-order valence-corrected chi connectivity index (χ1v) is 11.5. The average molecular weight is 458 g/mol. The SMILES string of the molecule is CC(C)(C)OC(=O)N1C[Si](C=NC(=O)COc2ccc(Cl)c(F)c2)CC[C@@H]1C(=O)O. The van der Waals surface area contributed by atoms with Gasteiger partial charge in [0.05, 0.1) is 5.02 Å². The summed E-state index contributed by atoms with van der Waals surface area (Å²) in [5.74, 6) is -0.708. The van der Waals surface area contributed by atoms with Crippen LogP contribution in [-0.2, 0) is 14.3 Å². The number of carboxylic acids is 1. The van der Waals surface area contributed by atoms with Crippen LogP contribution in [0.1, 0.15) is 27.2 Å². The molecule has 1 fully saturated rings. The largest absolute Gasteiger partial charge is 0.484 e. The molecule has 11 heteroatoms. The van der Waals surface area contributed by atoms with Crippen LogP contribution >= 0.6 is 11.6 Å². The molecule has 0 spiro atoms. The number of carbonyl (C=O) groups excluding carboxylic acids is 2. The summed E-state index contributed by atoms with van der Waals surface area (Å²) in [6.07, 6.45) is -0.287. The minimum atomic E-state index is -1.43. The van der Waals surface area contributed by atoms with Crippen molar-refractivity contribution in [3.05, 3.63) is 29.0 Å². The molecule has 0 unspecified atom stereocenters. The van der Waals surface area contributed by atoms with Gasteiger partial charge in [-0.25, -0.2) is 19.0 Å². The van der Waals surface area contributed by atoms with E-state index in [1.165, 1.54) is 22.9 Å². The van der Waals surface area contributed by atoms with Gasteiger partial charge in [0.1, 0.15) is 32.0 Å². The number of aliphatic carboxylic acids is 1. The number of ether oxygens (including phenoxy) is 2. The van der Waals surface area contributed by atoms with E-state index in [1.807, 2.05) is 0 Å². The van der Waals surface area contributed by atoms with Crippen LogP contribution in [0.25, 0.3) is 0 Å². The number of carboxylic acid groups (broad SMARTS) is 1. The second kappa shape index (κ2) is 10.0. The standard InChI is InChI=1S/C19H23ClFN2O6Si/c1-19(2,3)29-18(27)23-11-30(7-6-15(23)17(25)26)10-22-16(24)9-28-12-4-5-13(20)14(21)8-12/h4-5,8,10,15H,6-7,9,11H2,1-3H3,(H,25,26)/t15-/m1/s1. The normalized spacial score (nSPS) is 17.8. The van der Waals surface area contributed by atoms with E-state index < -0.39 is 44.2 Å². The van der Waals surface area contributed by atoms with Crippen molar-refractivity contribution in [2.45, 2.75) is 44.9 Å². The molecule has 30 heavy (non-hydrogen) atoms. The fraction of sp³-hybridized carbons (Fsp3) is 0.474. The minimum absolute atomic E-state index is 0.0531. The summed E-state index contributed by atoms with van der Waals surface area (Å²) in [4.78, 5) is 40.9. The van der Waals surface area contributed by atoms with Crippen LogP contribution in [0.15, 0.2) is 23.2 Å². The molecular formula is C19H23ClFN2O6Si. The highest BCUT2D eigenvalue weighted by molar-refractivity contribution is 6.86. The predicted molar refractivity (Wildman–Crippen MR) is 110 cm³/mol. The van der Waals surface area contributed by atoms with Crippen LogP contribution in [0.4, 0.5) is 9.18 Å². The lowest BCUT2D eigenvalue weighted by atomic mass is 10.2. The van der Waals surface area contributed by atoms with E-state index in [0.717, 1.165) is 6.07 Å². The highest BCUT2D eigenvalue weighted by atomic mass is 35.5. The predicted octanol–water partition coefficient (Wildman–Crippen LogP) is 3.12. The Labute approximate surface area is 180 Å². The summed E-state index contributed by atoms with van der Waals surface area (Å²) in [6, 6.07) is 3.39. The molecule has 2 amide bonds. The van der Waals surface area contributed by atoms with Gasteiger partial charge in [0, 0.05) is 12.2 Å². The second-order valence-electron chi connectivity index (χ2n) is 7.68. The van der Waals surface area contributed by atoms with Crippen LogP contribution < -0.4 is 4.74 Å². The second-order valence-corrected chi connectivity index (χ2v) is 10.5. The maximum Gasteiger partial charge on any atom is 0.410 e. The molecule has 0 aliphatic carbocycles. The van der Waals surface area contributed by atoms with E-state index in [-0.39, 0.29) is 30.0 Å². The molecule has 1 aromatic rings. The lowest BCUT2D eigenvalue weighted by molar-refractivity contribution is -0.143. The summed E-state index contributed by atoms with van der Waals surface area (Å²) in [7, 11) is -1.43. The van der Waals surface area contributed by atoms with Gasteiger partial charge in [0.15, 0.2) is 6.61 Å². The van der Waals surface area contributed by atoms with E-state index in [4.69, 9.17) is 21.1 Å². The summed E-state index contributed by atoms with van der Waals surface area (Å²) in [5, 5.41) is 9.34. The molecule has 1 heterocycles. The Morgan fingerprint density at radius 2 is 2.10 bits per heavy atom. The number of rotatable bonds is 5. The Balaban J connectivity index is 1.95. The quantitative estimate of drug-likeness (QED) is 0.538. The van der Waals surface area contributed by atoms with Gasteiger partial charge in [-0.15, -0.1) is 0 Å². The molecule has 8 nitrogen and oxygen atoms in total. The first-order valence-electron chi connectivity index (χ1n) is 9.18. The number of aliphatic imine (C=N–C) groups is 1. The Kier molecular flexibility index (Phi) is 7.96. The Hall–Kier alpha value is -2.46. The Bertz CT molecular complexity index is 845. The molecule has 0 aromatic heterocycles. The van der Waals surface area contributed by atoms with Gasteiger partial charge < -0.3 is 14.6 Å². The average Bonchev–Trinajstić information content (AvgIpc) is 2.65. The van der Waals surface area contributed by atoms with Crippen molar-refractivity contribution in [3.63, 3.8) is 0 Å². The number of carbonyl (C=O) groups is 3. The molecule has 1 aromatic carbocycles. The zero-order chi connectivity index (χ0) is 22.5. The van der Waals surface area contributed by atoms with Gasteiger partial charge in [-0.1, -0.05) is 11.6 Å². The van der Waals surface area contributed by atoms with Crippen molar-refractivity contribution in [1.82, 2.24) is 4.90 Å². The summed E-state index contributed by atoms with van der Waals surface area (Å²) < 4.78 is 23.9. The van der Waals surface area contributed by atoms with Crippen LogP contribution in [0.5, 0.6) is 5.75 Å². The van der Waals surface area contributed by atoms with Gasteiger partial charge in [-0.3, -0.25) is 9.69 Å². The number of nitrogens with zero attached hydrogens (tertiary/aromatic N) is 2. The summed E-state index contributed by atoms with van der Waals surface area (Å²) in [6.45, 7) is 4.70. The first kappa shape index (κ1) is 23.8. The third-order valence-corrected chi connectivity index (χ3v) is 6.52. The number of halogens is 2. The Morgan fingerprint density at radius 1 is 1.40 bits per heavy atom. The van der Waals surface area contributed by atoms with Gasteiger partial charge in [-0.2, -0.15) is 0 Å². The van der Waals surface area contributed by atoms with Crippen LogP contribution in [-0.4, -0.2) is 67.0 Å². The molecule has 0 bridgehead atoms. The molecule has 163 valence electrons. The first-order chi connectivity index (χ1) is 14.0. The third kappa shape index (κ3) is 7.10. The van der Waals surface area contributed by atoms with Gasteiger partial charge in [-0.05, 0) is 51.2 Å². The highest BCUT2D eigenvalue weighted by Gasteiger charge is 2.38. The van der Waals surface area contributed by atoms with Crippen LogP contribution in [0, 0.1) is 5.82 Å². The zero-order valence-corrected chi connectivity index (χ0v) is 18.6. The Morgan fingerprint density at radius 3 is 2.70 bits per heavy atom. The molecule has 1 N–H and O–H groups in total. The molecule has 1 atom stereocenters. The maximum absolute atomic E-state index is 13.4. The van der Waals surface area contributed by atoms with Crippen LogP contribution in [0.3, 0.4) is 0 Å². The smallest absolute Gasteiger partial charge is 0.410 e. The number of hydrogen-bond donors (Lipinski definition) is 1. The van der Waals surface area contributed by atoms with E-state index in [2.05, 4.69) is 4.99 Å². The molecule has 2 rings (SSSR count). The maximum atomic E-state index is 13.4. The highest BCUT2D eigenvalue weighted by Crippen LogP contribution is 2.22. The third-order valence-electron chi connectivity index (χ3n) is 4.05. The van der Waals surface area contributed by atoms with Gasteiger partial charge in [0.25, 0.3) is 5.91 Å². The van der Waals surface area contributed by atoms with Gasteiger partial charge in [0.2, 0.25) is 0 Å². The lowest BCUT2D eigenvalue weighted by Gasteiger charge is -2.36. The molecule has 1 aliphatic rings. The summed E-state index contributed by atoms with van der Waals surface area (Å²) in [5.41, 5.74) is -0.757. The van der Waals surface area contributed by atoms with Crippen molar-refractivity contribution in [2.24, 2.45) is 4.99 Å².